The van der Waals surface area contributed by atoms with Crippen LogP contribution in [-0.4, -0.2) is 24.7 Å². The predicted molar refractivity (Wildman–Crippen MR) is 75.5 cm³/mol. The summed E-state index contributed by atoms with van der Waals surface area (Å²) in [6, 6.07) is 3.25. The van der Waals surface area contributed by atoms with Gasteiger partial charge < -0.3 is 16.2 Å². The van der Waals surface area contributed by atoms with Crippen molar-refractivity contribution in [1.29, 1.82) is 0 Å². The maximum Gasteiger partial charge on any atom is 0.120 e. The maximum atomic E-state index is 10.0. The fourth-order valence-electron chi connectivity index (χ4n) is 2.67. The normalized spacial score (nSPS) is 18.8. The van der Waals surface area contributed by atoms with Gasteiger partial charge in [0.15, 0.2) is 0 Å². The Morgan fingerprint density at radius 1 is 1.28 bits per heavy atom. The molecule has 1 unspecified atom stereocenters. The SMILES string of the molecule is NCC(c1cc(Cl)c(Cl)cc1O)C1CCNCC1. The number of nitrogens with two attached hydrogens (primary N) is 1. The van der Waals surface area contributed by atoms with Gasteiger partial charge in [-0.2, -0.15) is 0 Å². The summed E-state index contributed by atoms with van der Waals surface area (Å²) >= 11 is 11.9. The van der Waals surface area contributed by atoms with E-state index in [1.807, 2.05) is 0 Å². The summed E-state index contributed by atoms with van der Waals surface area (Å²) in [5.41, 5.74) is 6.70. The van der Waals surface area contributed by atoms with Crippen molar-refractivity contribution in [2.75, 3.05) is 19.6 Å². The first-order valence-corrected chi connectivity index (χ1v) is 6.97. The van der Waals surface area contributed by atoms with E-state index in [9.17, 15) is 5.11 Å². The zero-order valence-corrected chi connectivity index (χ0v) is 11.6. The second kappa shape index (κ2) is 6.11. The molecule has 0 aromatic heterocycles. The first kappa shape index (κ1) is 13.9. The van der Waals surface area contributed by atoms with Gasteiger partial charge in [0.2, 0.25) is 0 Å². The summed E-state index contributed by atoms with van der Waals surface area (Å²) in [6.45, 7) is 2.52. The molecule has 1 aliphatic rings. The number of piperidine rings is 1. The van der Waals surface area contributed by atoms with Gasteiger partial charge in [-0.25, -0.2) is 0 Å². The highest BCUT2D eigenvalue weighted by Gasteiger charge is 2.26. The van der Waals surface area contributed by atoms with E-state index in [1.54, 1.807) is 6.07 Å². The van der Waals surface area contributed by atoms with E-state index in [0.717, 1.165) is 31.5 Å². The molecule has 100 valence electrons. The summed E-state index contributed by atoms with van der Waals surface area (Å²) in [6.07, 6.45) is 2.14. The lowest BCUT2D eigenvalue weighted by Crippen LogP contribution is -2.33. The molecule has 3 nitrogen and oxygen atoms in total. The van der Waals surface area contributed by atoms with Crippen LogP contribution in [0.15, 0.2) is 12.1 Å². The summed E-state index contributed by atoms with van der Waals surface area (Å²) in [5.74, 6) is 0.819. The molecular weight excluding hydrogens is 271 g/mol. The zero-order chi connectivity index (χ0) is 13.1. The van der Waals surface area contributed by atoms with Crippen LogP contribution < -0.4 is 11.1 Å². The van der Waals surface area contributed by atoms with Crippen LogP contribution in [0.1, 0.15) is 24.3 Å². The highest BCUT2D eigenvalue weighted by molar-refractivity contribution is 6.42. The molecule has 5 heteroatoms. The number of hydrogen-bond donors (Lipinski definition) is 3. The second-order valence-electron chi connectivity index (χ2n) is 4.75. The Morgan fingerprint density at radius 2 is 1.89 bits per heavy atom. The van der Waals surface area contributed by atoms with Crippen LogP contribution >= 0.6 is 23.2 Å². The lowest BCUT2D eigenvalue weighted by molar-refractivity contribution is 0.315. The molecule has 1 saturated heterocycles. The number of phenolic OH excluding ortho intramolecular Hbond substituents is 1. The van der Waals surface area contributed by atoms with Crippen molar-refractivity contribution in [1.82, 2.24) is 5.32 Å². The zero-order valence-electron chi connectivity index (χ0n) is 10.1. The van der Waals surface area contributed by atoms with Crippen LogP contribution in [-0.2, 0) is 0 Å². The smallest absolute Gasteiger partial charge is 0.120 e. The lowest BCUT2D eigenvalue weighted by atomic mass is 9.80. The van der Waals surface area contributed by atoms with E-state index < -0.39 is 0 Å². The van der Waals surface area contributed by atoms with Crippen molar-refractivity contribution in [2.24, 2.45) is 11.7 Å². The van der Waals surface area contributed by atoms with Crippen molar-refractivity contribution >= 4 is 23.2 Å². The minimum Gasteiger partial charge on any atom is -0.508 e. The molecule has 0 bridgehead atoms. The summed E-state index contributed by atoms with van der Waals surface area (Å²) in [7, 11) is 0. The summed E-state index contributed by atoms with van der Waals surface area (Å²) < 4.78 is 0. The Bertz CT molecular complexity index is 420. The first-order valence-electron chi connectivity index (χ1n) is 6.22. The lowest BCUT2D eigenvalue weighted by Gasteiger charge is -2.30. The number of aromatic hydroxyl groups is 1. The molecule has 1 fully saturated rings. The van der Waals surface area contributed by atoms with Gasteiger partial charge >= 0.3 is 0 Å². The predicted octanol–water partition coefficient (Wildman–Crippen LogP) is 2.74. The Kier molecular flexibility index (Phi) is 4.73. The van der Waals surface area contributed by atoms with E-state index in [0.29, 0.717) is 22.5 Å². The molecule has 0 amide bonds. The quantitative estimate of drug-likeness (QED) is 0.802. The van der Waals surface area contributed by atoms with Gasteiger partial charge in [-0.05, 0) is 44.5 Å². The number of benzene rings is 1. The molecule has 0 saturated carbocycles. The fourth-order valence-corrected chi connectivity index (χ4v) is 3.00. The van der Waals surface area contributed by atoms with Gasteiger partial charge in [-0.3, -0.25) is 0 Å². The highest BCUT2D eigenvalue weighted by atomic mass is 35.5. The average molecular weight is 289 g/mol. The number of rotatable bonds is 3. The first-order chi connectivity index (χ1) is 8.63. The van der Waals surface area contributed by atoms with Gasteiger partial charge in [0.05, 0.1) is 10.0 Å². The van der Waals surface area contributed by atoms with Crippen LogP contribution in [0.4, 0.5) is 0 Å². The molecule has 1 atom stereocenters. The molecule has 1 aromatic rings. The number of phenols is 1. The van der Waals surface area contributed by atoms with Gasteiger partial charge in [-0.15, -0.1) is 0 Å². The van der Waals surface area contributed by atoms with Crippen LogP contribution in [0, 0.1) is 5.92 Å². The molecule has 0 spiro atoms. The van der Waals surface area contributed by atoms with Gasteiger partial charge in [0.25, 0.3) is 0 Å². The van der Waals surface area contributed by atoms with E-state index in [2.05, 4.69) is 5.32 Å². The second-order valence-corrected chi connectivity index (χ2v) is 5.57. The minimum absolute atomic E-state index is 0.141. The largest absolute Gasteiger partial charge is 0.508 e. The molecule has 1 heterocycles. The van der Waals surface area contributed by atoms with E-state index in [-0.39, 0.29) is 11.7 Å². The third-order valence-electron chi connectivity index (χ3n) is 3.68. The van der Waals surface area contributed by atoms with E-state index in [4.69, 9.17) is 28.9 Å². The molecule has 0 radical (unpaired) electrons. The van der Waals surface area contributed by atoms with Gasteiger partial charge in [-0.1, -0.05) is 23.2 Å². The Morgan fingerprint density at radius 3 is 2.50 bits per heavy atom. The third-order valence-corrected chi connectivity index (χ3v) is 4.40. The molecule has 4 N–H and O–H groups in total. The van der Waals surface area contributed by atoms with E-state index >= 15 is 0 Å². The van der Waals surface area contributed by atoms with Crippen molar-refractivity contribution in [3.63, 3.8) is 0 Å². The van der Waals surface area contributed by atoms with Crippen molar-refractivity contribution < 1.29 is 5.11 Å². The number of halogens is 2. The van der Waals surface area contributed by atoms with Crippen LogP contribution in [0.2, 0.25) is 10.0 Å². The summed E-state index contributed by atoms with van der Waals surface area (Å²) in [5, 5.41) is 14.2. The Balaban J connectivity index is 2.28. The molecule has 1 aromatic carbocycles. The van der Waals surface area contributed by atoms with Crippen LogP contribution in [0.5, 0.6) is 5.75 Å². The third kappa shape index (κ3) is 2.91. The van der Waals surface area contributed by atoms with Crippen LogP contribution in [0.3, 0.4) is 0 Å². The molecular formula is C13H18Cl2N2O. The fraction of sp³-hybridized carbons (Fsp3) is 0.538. The molecule has 0 aliphatic carbocycles. The van der Waals surface area contributed by atoms with Crippen molar-refractivity contribution in [3.05, 3.63) is 27.7 Å². The van der Waals surface area contributed by atoms with Gasteiger partial charge in [0.1, 0.15) is 5.75 Å². The van der Waals surface area contributed by atoms with E-state index in [1.165, 1.54) is 6.07 Å². The Hall–Kier alpha value is -0.480. The van der Waals surface area contributed by atoms with Crippen molar-refractivity contribution in [3.8, 4) is 5.75 Å². The number of hydrogen-bond acceptors (Lipinski definition) is 3. The highest BCUT2D eigenvalue weighted by Crippen LogP contribution is 2.39. The average Bonchev–Trinajstić information content (AvgIpc) is 2.38. The van der Waals surface area contributed by atoms with Crippen molar-refractivity contribution in [2.45, 2.75) is 18.8 Å². The van der Waals surface area contributed by atoms with Gasteiger partial charge in [0, 0.05) is 17.5 Å². The summed E-state index contributed by atoms with van der Waals surface area (Å²) in [4.78, 5) is 0. The number of nitrogens with one attached hydrogen (secondary N) is 1. The Labute approximate surface area is 117 Å². The molecule has 1 aliphatic heterocycles. The standard InChI is InChI=1S/C13H18Cl2N2O/c14-11-5-9(13(18)6-12(11)15)10(7-16)8-1-3-17-4-2-8/h5-6,8,10,17-18H,1-4,7,16H2. The topological polar surface area (TPSA) is 58.3 Å². The minimum atomic E-state index is 0.141. The van der Waals surface area contributed by atoms with Crippen LogP contribution in [0.25, 0.3) is 0 Å². The molecule has 2 rings (SSSR count). The monoisotopic (exact) mass is 288 g/mol. The maximum absolute atomic E-state index is 10.0. The molecule has 18 heavy (non-hydrogen) atoms.